The standard InChI is InChI=1S/C35H41N5O4/c1-3-25-9-7-10-26-18-27(41)19-28(31(25)26)33(42)39-20-29-30(21-39)36-34(37-32(29)40-13-6-4-5-8-24(40)2)44-23-35(11-12-35)22-38-14-16-43-17-15-38/h1,7,9-10,18-19,24,41H,4-6,8,11-17,20-23H2,2H3. The van der Waals surface area contributed by atoms with E-state index in [1.165, 1.54) is 18.9 Å². The van der Waals surface area contributed by atoms with Gasteiger partial charge in [0.25, 0.3) is 5.91 Å². The van der Waals surface area contributed by atoms with Crippen molar-refractivity contribution >= 4 is 22.5 Å². The molecular formula is C35H41N5O4. The van der Waals surface area contributed by atoms with E-state index in [0.29, 0.717) is 48.3 Å². The number of carbonyl (C=O) groups excluding carboxylic acids is 1. The van der Waals surface area contributed by atoms with Gasteiger partial charge in [-0.05, 0) is 56.2 Å². The van der Waals surface area contributed by atoms with Crippen LogP contribution in [0.3, 0.4) is 0 Å². The highest BCUT2D eigenvalue weighted by molar-refractivity contribution is 6.09. The Bertz CT molecular complexity index is 1610. The number of rotatable bonds is 7. The van der Waals surface area contributed by atoms with Gasteiger partial charge in [-0.2, -0.15) is 9.97 Å². The maximum atomic E-state index is 14.1. The van der Waals surface area contributed by atoms with Crippen molar-refractivity contribution in [3.63, 3.8) is 0 Å². The minimum atomic E-state index is -0.189. The third kappa shape index (κ3) is 5.69. The largest absolute Gasteiger partial charge is 0.508 e. The van der Waals surface area contributed by atoms with Gasteiger partial charge in [0.1, 0.15) is 11.6 Å². The molecular weight excluding hydrogens is 554 g/mol. The molecule has 0 spiro atoms. The van der Waals surface area contributed by atoms with Crippen LogP contribution in [0.2, 0.25) is 0 Å². The molecule has 2 saturated heterocycles. The number of carbonyl (C=O) groups is 1. The summed E-state index contributed by atoms with van der Waals surface area (Å²) in [6.07, 6.45) is 12.7. The molecule has 230 valence electrons. The molecule has 44 heavy (non-hydrogen) atoms. The summed E-state index contributed by atoms with van der Waals surface area (Å²) >= 11 is 0. The Morgan fingerprint density at radius 1 is 1.14 bits per heavy atom. The molecule has 0 radical (unpaired) electrons. The molecule has 1 aliphatic carbocycles. The van der Waals surface area contributed by atoms with Gasteiger partial charge in [0.15, 0.2) is 0 Å². The van der Waals surface area contributed by atoms with Crippen LogP contribution in [0.4, 0.5) is 5.82 Å². The predicted octanol–water partition coefficient (Wildman–Crippen LogP) is 4.73. The molecule has 1 atom stereocenters. The van der Waals surface area contributed by atoms with Crippen molar-refractivity contribution in [3.05, 3.63) is 52.7 Å². The smallest absolute Gasteiger partial charge is 0.318 e. The number of aromatic nitrogens is 2. The summed E-state index contributed by atoms with van der Waals surface area (Å²) in [5, 5.41) is 11.9. The summed E-state index contributed by atoms with van der Waals surface area (Å²) in [7, 11) is 0. The number of amides is 1. The molecule has 9 nitrogen and oxygen atoms in total. The van der Waals surface area contributed by atoms with Crippen molar-refractivity contribution in [3.8, 4) is 24.1 Å². The normalized spacial score (nSPS) is 21.5. The lowest BCUT2D eigenvalue weighted by Crippen LogP contribution is -2.41. The molecule has 3 fully saturated rings. The summed E-state index contributed by atoms with van der Waals surface area (Å²) in [5.74, 6) is 3.45. The van der Waals surface area contributed by atoms with Gasteiger partial charge >= 0.3 is 6.01 Å². The molecule has 4 heterocycles. The lowest BCUT2D eigenvalue weighted by Gasteiger charge is -2.31. The van der Waals surface area contributed by atoms with E-state index in [1.54, 1.807) is 11.0 Å². The molecule has 1 amide bonds. The molecule has 1 saturated carbocycles. The van der Waals surface area contributed by atoms with E-state index in [9.17, 15) is 9.90 Å². The number of morpholine rings is 1. The first-order valence-corrected chi connectivity index (χ1v) is 16.0. The third-order valence-corrected chi connectivity index (χ3v) is 9.83. The molecule has 4 aliphatic rings. The van der Waals surface area contributed by atoms with Crippen LogP contribution in [0.1, 0.15) is 72.6 Å². The fraction of sp³-hybridized carbons (Fsp3) is 0.514. The van der Waals surface area contributed by atoms with Crippen molar-refractivity contribution < 1.29 is 19.4 Å². The highest BCUT2D eigenvalue weighted by atomic mass is 16.5. The number of benzene rings is 2. The van der Waals surface area contributed by atoms with E-state index < -0.39 is 0 Å². The monoisotopic (exact) mass is 595 g/mol. The quantitative estimate of drug-likeness (QED) is 0.392. The number of anilines is 1. The van der Waals surface area contributed by atoms with E-state index in [0.717, 1.165) is 87.5 Å². The van der Waals surface area contributed by atoms with Crippen molar-refractivity contribution in [2.24, 2.45) is 5.41 Å². The molecule has 3 aliphatic heterocycles. The predicted molar refractivity (Wildman–Crippen MR) is 169 cm³/mol. The number of fused-ring (bicyclic) bond motifs is 2. The van der Waals surface area contributed by atoms with Gasteiger partial charge in [-0.1, -0.05) is 30.9 Å². The number of hydrogen-bond acceptors (Lipinski definition) is 8. The SMILES string of the molecule is C#Cc1cccc2cc(O)cc(C(=O)N3Cc4nc(OCC5(CN6CCOCC6)CC5)nc(N5CCCCCC5C)c4C3)c12. The number of terminal acetylenes is 1. The molecule has 1 N–H and O–H groups in total. The van der Waals surface area contributed by atoms with Gasteiger partial charge in [0, 0.05) is 54.1 Å². The van der Waals surface area contributed by atoms with E-state index in [1.807, 2.05) is 18.2 Å². The summed E-state index contributed by atoms with van der Waals surface area (Å²) in [5.41, 5.74) is 2.98. The third-order valence-electron chi connectivity index (χ3n) is 9.83. The second kappa shape index (κ2) is 11.9. The molecule has 0 bridgehead atoms. The Labute approximate surface area is 259 Å². The lowest BCUT2D eigenvalue weighted by atomic mass is 9.98. The number of nitrogens with zero attached hydrogens (tertiary/aromatic N) is 5. The number of phenols is 1. The van der Waals surface area contributed by atoms with Gasteiger partial charge in [-0.25, -0.2) is 0 Å². The first kappa shape index (κ1) is 28.9. The Morgan fingerprint density at radius 3 is 2.77 bits per heavy atom. The van der Waals surface area contributed by atoms with Gasteiger partial charge in [0.2, 0.25) is 0 Å². The number of phenolic OH excluding ortho intramolecular Hbond substituents is 1. The number of hydrogen-bond donors (Lipinski definition) is 1. The highest BCUT2D eigenvalue weighted by Gasteiger charge is 2.45. The molecule has 3 aromatic rings. The van der Waals surface area contributed by atoms with Crippen LogP contribution < -0.4 is 9.64 Å². The first-order chi connectivity index (χ1) is 21.4. The molecule has 2 aromatic carbocycles. The maximum Gasteiger partial charge on any atom is 0.318 e. The van der Waals surface area contributed by atoms with Gasteiger partial charge in [0.05, 0.1) is 44.2 Å². The number of ether oxygens (including phenoxy) is 2. The van der Waals surface area contributed by atoms with Crippen LogP contribution in [0.5, 0.6) is 11.8 Å². The number of aromatic hydroxyl groups is 1. The molecule has 1 aromatic heterocycles. The topological polar surface area (TPSA) is 91.3 Å². The van der Waals surface area contributed by atoms with E-state index in [4.69, 9.17) is 25.9 Å². The fourth-order valence-electron chi connectivity index (χ4n) is 7.10. The van der Waals surface area contributed by atoms with Crippen molar-refractivity contribution in [2.75, 3.05) is 50.9 Å². The zero-order valence-electron chi connectivity index (χ0n) is 25.6. The molecule has 1 unspecified atom stereocenters. The average Bonchev–Trinajstić information content (AvgIpc) is 3.72. The average molecular weight is 596 g/mol. The first-order valence-electron chi connectivity index (χ1n) is 16.0. The lowest BCUT2D eigenvalue weighted by molar-refractivity contribution is 0.0231. The zero-order chi connectivity index (χ0) is 30.3. The van der Waals surface area contributed by atoms with Gasteiger partial charge in [-0.15, -0.1) is 6.42 Å². The van der Waals surface area contributed by atoms with Gasteiger partial charge < -0.3 is 24.4 Å². The Hall–Kier alpha value is -3.87. The zero-order valence-corrected chi connectivity index (χ0v) is 25.6. The molecule has 9 heteroatoms. The van der Waals surface area contributed by atoms with Crippen LogP contribution in [0, 0.1) is 17.8 Å². The Kier molecular flexibility index (Phi) is 7.81. The second-order valence-corrected chi connectivity index (χ2v) is 13.0. The van der Waals surface area contributed by atoms with Crippen LogP contribution >= 0.6 is 0 Å². The Balaban J connectivity index is 1.18. The van der Waals surface area contributed by atoms with Crippen molar-refractivity contribution in [2.45, 2.75) is 64.6 Å². The Morgan fingerprint density at radius 2 is 1.98 bits per heavy atom. The minimum Gasteiger partial charge on any atom is -0.508 e. The van der Waals surface area contributed by atoms with Crippen LogP contribution in [0.15, 0.2) is 30.3 Å². The van der Waals surface area contributed by atoms with E-state index in [2.05, 4.69) is 22.6 Å². The molecule has 7 rings (SSSR count). The highest BCUT2D eigenvalue weighted by Crippen LogP contribution is 2.47. The summed E-state index contributed by atoms with van der Waals surface area (Å²) in [6.45, 7) is 9.04. The fourth-order valence-corrected chi connectivity index (χ4v) is 7.10. The summed E-state index contributed by atoms with van der Waals surface area (Å²) in [4.78, 5) is 30.8. The van der Waals surface area contributed by atoms with Crippen LogP contribution in [-0.2, 0) is 17.8 Å². The van der Waals surface area contributed by atoms with Crippen LogP contribution in [-0.4, -0.2) is 82.8 Å². The van der Waals surface area contributed by atoms with E-state index in [-0.39, 0.29) is 17.1 Å². The van der Waals surface area contributed by atoms with Crippen LogP contribution in [0.25, 0.3) is 10.8 Å². The van der Waals surface area contributed by atoms with E-state index >= 15 is 0 Å². The van der Waals surface area contributed by atoms with Crippen molar-refractivity contribution in [1.29, 1.82) is 0 Å². The second-order valence-electron chi connectivity index (χ2n) is 13.0. The van der Waals surface area contributed by atoms with Crippen molar-refractivity contribution in [1.82, 2.24) is 19.8 Å². The maximum absolute atomic E-state index is 14.1. The summed E-state index contributed by atoms with van der Waals surface area (Å²) in [6, 6.07) is 9.43. The summed E-state index contributed by atoms with van der Waals surface area (Å²) < 4.78 is 12.0. The van der Waals surface area contributed by atoms with Gasteiger partial charge in [-0.3, -0.25) is 9.69 Å². The minimum absolute atomic E-state index is 0.0346.